The highest BCUT2D eigenvalue weighted by atomic mass is 16.3. The second-order valence-electron chi connectivity index (χ2n) is 4.89. The molecule has 0 radical (unpaired) electrons. The summed E-state index contributed by atoms with van der Waals surface area (Å²) in [5, 5.41) is 15.1. The van der Waals surface area contributed by atoms with Gasteiger partial charge in [0.25, 0.3) is 0 Å². The Bertz CT molecular complexity index is 556. The van der Waals surface area contributed by atoms with Gasteiger partial charge in [0.05, 0.1) is 12.1 Å². The Balaban J connectivity index is 2.49. The zero-order chi connectivity index (χ0) is 13.9. The molecule has 0 aliphatic carbocycles. The fraction of sp³-hybridized carbons (Fsp3) is 0.400. The molecule has 0 saturated heterocycles. The van der Waals surface area contributed by atoms with Crippen LogP contribution < -0.4 is 11.1 Å². The van der Waals surface area contributed by atoms with E-state index in [9.17, 15) is 5.11 Å². The van der Waals surface area contributed by atoms with Crippen LogP contribution in [0.15, 0.2) is 30.6 Å². The Labute approximate surface area is 113 Å². The lowest BCUT2D eigenvalue weighted by Crippen LogP contribution is -2.40. The highest BCUT2D eigenvalue weighted by molar-refractivity contribution is 6.00. The van der Waals surface area contributed by atoms with Crippen molar-refractivity contribution in [3.8, 4) is 0 Å². The molecule has 0 amide bonds. The smallest absolute Gasteiger partial charge is 0.0661 e. The minimum absolute atomic E-state index is 0.103. The molecule has 1 heterocycles. The average molecular weight is 259 g/mol. The van der Waals surface area contributed by atoms with Gasteiger partial charge in [0.2, 0.25) is 0 Å². The minimum Gasteiger partial charge on any atom is -0.398 e. The van der Waals surface area contributed by atoms with Gasteiger partial charge in [0.1, 0.15) is 0 Å². The number of fused-ring (bicyclic) bond motifs is 1. The van der Waals surface area contributed by atoms with E-state index in [1.807, 2.05) is 24.4 Å². The molecule has 1 aromatic heterocycles. The van der Waals surface area contributed by atoms with Crippen molar-refractivity contribution in [2.24, 2.45) is 0 Å². The van der Waals surface area contributed by atoms with Crippen molar-refractivity contribution in [2.45, 2.75) is 32.2 Å². The maximum absolute atomic E-state index is 9.66. The lowest BCUT2D eigenvalue weighted by molar-refractivity contribution is 0.202. The standard InChI is InChI=1S/C15H21N3O/c1-3-15(4-2,10-19)18-14-6-5-13(16)11-7-8-17-9-12(11)14/h5-9,18-19H,3-4,10,16H2,1-2H3. The molecule has 0 aliphatic rings. The monoisotopic (exact) mass is 259 g/mol. The topological polar surface area (TPSA) is 71.2 Å². The molecule has 102 valence electrons. The summed E-state index contributed by atoms with van der Waals surface area (Å²) in [6, 6.07) is 5.75. The van der Waals surface area contributed by atoms with Gasteiger partial charge in [0, 0.05) is 34.5 Å². The molecule has 0 spiro atoms. The molecular weight excluding hydrogens is 238 g/mol. The number of hydrogen-bond donors (Lipinski definition) is 3. The van der Waals surface area contributed by atoms with Crippen molar-refractivity contribution < 1.29 is 5.11 Å². The molecule has 4 heteroatoms. The third-order valence-electron chi connectivity index (χ3n) is 3.91. The molecule has 19 heavy (non-hydrogen) atoms. The molecule has 0 unspecified atom stereocenters. The van der Waals surface area contributed by atoms with Crippen molar-refractivity contribution >= 4 is 22.1 Å². The summed E-state index contributed by atoms with van der Waals surface area (Å²) in [6.07, 6.45) is 5.25. The lowest BCUT2D eigenvalue weighted by Gasteiger charge is -2.32. The Morgan fingerprint density at radius 1 is 1.21 bits per heavy atom. The van der Waals surface area contributed by atoms with Gasteiger partial charge < -0.3 is 16.2 Å². The molecule has 4 nitrogen and oxygen atoms in total. The first-order chi connectivity index (χ1) is 9.15. The molecule has 0 bridgehead atoms. The highest BCUT2D eigenvalue weighted by Gasteiger charge is 2.25. The molecule has 1 aromatic carbocycles. The number of benzene rings is 1. The van der Waals surface area contributed by atoms with Crippen LogP contribution >= 0.6 is 0 Å². The average Bonchev–Trinajstić information content (AvgIpc) is 2.48. The second-order valence-corrected chi connectivity index (χ2v) is 4.89. The van der Waals surface area contributed by atoms with Crippen LogP contribution in [0.2, 0.25) is 0 Å². The third kappa shape index (κ3) is 2.49. The summed E-state index contributed by atoms with van der Waals surface area (Å²) in [6.45, 7) is 4.25. The molecule has 0 aliphatic heterocycles. The molecule has 2 aromatic rings. The number of aliphatic hydroxyl groups is 1. The van der Waals surface area contributed by atoms with Gasteiger partial charge in [-0.15, -0.1) is 0 Å². The van der Waals surface area contributed by atoms with Crippen LogP contribution in [0.4, 0.5) is 11.4 Å². The summed E-state index contributed by atoms with van der Waals surface area (Å²) < 4.78 is 0. The number of aliphatic hydroxyl groups excluding tert-OH is 1. The van der Waals surface area contributed by atoms with E-state index in [1.54, 1.807) is 6.20 Å². The first-order valence-electron chi connectivity index (χ1n) is 6.67. The van der Waals surface area contributed by atoms with E-state index in [0.29, 0.717) is 0 Å². The van der Waals surface area contributed by atoms with Gasteiger partial charge in [-0.3, -0.25) is 4.98 Å². The lowest BCUT2D eigenvalue weighted by atomic mass is 9.93. The van der Waals surface area contributed by atoms with Crippen LogP contribution in [0, 0.1) is 0 Å². The number of rotatable bonds is 5. The number of nitrogens with two attached hydrogens (primary N) is 1. The van der Waals surface area contributed by atoms with Gasteiger partial charge in [-0.25, -0.2) is 0 Å². The summed E-state index contributed by atoms with van der Waals surface area (Å²) in [5.41, 5.74) is 7.40. The molecule has 0 atom stereocenters. The molecule has 0 fully saturated rings. The quantitative estimate of drug-likeness (QED) is 0.722. The first kappa shape index (κ1) is 13.6. The van der Waals surface area contributed by atoms with Gasteiger partial charge in [0.15, 0.2) is 0 Å². The van der Waals surface area contributed by atoms with Crippen molar-refractivity contribution in [1.82, 2.24) is 4.98 Å². The first-order valence-corrected chi connectivity index (χ1v) is 6.67. The Kier molecular flexibility index (Phi) is 3.90. The normalized spacial score (nSPS) is 11.7. The molecular formula is C15H21N3O. The molecule has 0 saturated carbocycles. The SMILES string of the molecule is CCC(CC)(CO)Nc1ccc(N)c2ccncc12. The van der Waals surface area contributed by atoms with E-state index in [0.717, 1.165) is 35.0 Å². The van der Waals surface area contributed by atoms with Crippen molar-refractivity contribution in [1.29, 1.82) is 0 Å². The maximum atomic E-state index is 9.66. The summed E-state index contributed by atoms with van der Waals surface area (Å²) in [4.78, 5) is 4.16. The van der Waals surface area contributed by atoms with Crippen LogP contribution in [-0.2, 0) is 0 Å². The van der Waals surface area contributed by atoms with E-state index in [2.05, 4.69) is 24.1 Å². The number of hydrogen-bond acceptors (Lipinski definition) is 4. The van der Waals surface area contributed by atoms with Crippen molar-refractivity contribution in [3.05, 3.63) is 30.6 Å². The van der Waals surface area contributed by atoms with E-state index in [4.69, 9.17) is 5.73 Å². The van der Waals surface area contributed by atoms with E-state index < -0.39 is 0 Å². The summed E-state index contributed by atoms with van der Waals surface area (Å²) in [7, 11) is 0. The Hall–Kier alpha value is -1.81. The number of anilines is 2. The zero-order valence-corrected chi connectivity index (χ0v) is 11.5. The largest absolute Gasteiger partial charge is 0.398 e. The Morgan fingerprint density at radius 3 is 2.58 bits per heavy atom. The summed E-state index contributed by atoms with van der Waals surface area (Å²) >= 11 is 0. The fourth-order valence-electron chi connectivity index (χ4n) is 2.30. The van der Waals surface area contributed by atoms with Gasteiger partial charge >= 0.3 is 0 Å². The van der Waals surface area contributed by atoms with Crippen LogP contribution in [0.1, 0.15) is 26.7 Å². The van der Waals surface area contributed by atoms with Crippen molar-refractivity contribution in [2.75, 3.05) is 17.7 Å². The van der Waals surface area contributed by atoms with Crippen molar-refractivity contribution in [3.63, 3.8) is 0 Å². The van der Waals surface area contributed by atoms with Crippen LogP contribution in [0.3, 0.4) is 0 Å². The number of pyridine rings is 1. The van der Waals surface area contributed by atoms with Gasteiger partial charge in [-0.05, 0) is 31.0 Å². The van der Waals surface area contributed by atoms with Crippen LogP contribution in [0.5, 0.6) is 0 Å². The number of nitrogens with zero attached hydrogens (tertiary/aromatic N) is 1. The predicted molar refractivity (Wildman–Crippen MR) is 80.2 cm³/mol. The van der Waals surface area contributed by atoms with E-state index in [1.165, 1.54) is 0 Å². The fourth-order valence-corrected chi connectivity index (χ4v) is 2.30. The predicted octanol–water partition coefficient (Wildman–Crippen LogP) is 2.78. The zero-order valence-electron chi connectivity index (χ0n) is 11.5. The van der Waals surface area contributed by atoms with Crippen LogP contribution in [-0.4, -0.2) is 22.2 Å². The maximum Gasteiger partial charge on any atom is 0.0661 e. The third-order valence-corrected chi connectivity index (χ3v) is 3.91. The minimum atomic E-state index is -0.293. The second kappa shape index (κ2) is 5.45. The Morgan fingerprint density at radius 2 is 1.95 bits per heavy atom. The molecule has 2 rings (SSSR count). The van der Waals surface area contributed by atoms with E-state index >= 15 is 0 Å². The number of aromatic nitrogens is 1. The number of nitrogens with one attached hydrogen (secondary N) is 1. The summed E-state index contributed by atoms with van der Waals surface area (Å²) in [5.74, 6) is 0. The van der Waals surface area contributed by atoms with Gasteiger partial charge in [-0.2, -0.15) is 0 Å². The highest BCUT2D eigenvalue weighted by Crippen LogP contribution is 2.31. The van der Waals surface area contributed by atoms with E-state index in [-0.39, 0.29) is 12.1 Å². The van der Waals surface area contributed by atoms with Crippen LogP contribution in [0.25, 0.3) is 10.8 Å². The number of nitrogen functional groups attached to an aromatic ring is 1. The molecule has 4 N–H and O–H groups in total. The van der Waals surface area contributed by atoms with Gasteiger partial charge in [-0.1, -0.05) is 13.8 Å².